The Balaban J connectivity index is 1.45. The summed E-state index contributed by atoms with van der Waals surface area (Å²) in [7, 11) is 6.25. The fourth-order valence-corrected chi connectivity index (χ4v) is 4.02. The summed E-state index contributed by atoms with van der Waals surface area (Å²) in [6, 6.07) is 9.93. The summed E-state index contributed by atoms with van der Waals surface area (Å²) in [6.07, 6.45) is 3.33. The van der Waals surface area contributed by atoms with Gasteiger partial charge in [0.25, 0.3) is 0 Å². The van der Waals surface area contributed by atoms with Crippen molar-refractivity contribution in [1.29, 1.82) is 0 Å². The van der Waals surface area contributed by atoms with Gasteiger partial charge >= 0.3 is 0 Å². The summed E-state index contributed by atoms with van der Waals surface area (Å²) in [4.78, 5) is 43.8. The number of carbonyl (C=O) groups excluding carboxylic acids is 3. The summed E-state index contributed by atoms with van der Waals surface area (Å²) < 4.78 is 17.7. The van der Waals surface area contributed by atoms with Crippen molar-refractivity contribution in [2.75, 3.05) is 38.1 Å². The second-order valence-corrected chi connectivity index (χ2v) is 8.05. The number of methoxy groups -OCH3 is 3. The van der Waals surface area contributed by atoms with Crippen LogP contribution in [0.4, 0.5) is 11.4 Å². The Labute approximate surface area is 202 Å². The van der Waals surface area contributed by atoms with Crippen molar-refractivity contribution < 1.29 is 28.6 Å². The maximum Gasteiger partial charge on any atom is 0.229 e. The normalized spacial score (nSPS) is 15.1. The highest BCUT2D eigenvalue weighted by molar-refractivity contribution is 6.07. The molecule has 1 unspecified atom stereocenters. The molecule has 1 fully saturated rings. The molecule has 10 heteroatoms. The van der Waals surface area contributed by atoms with E-state index in [1.807, 2.05) is 0 Å². The number of benzene rings is 2. The van der Waals surface area contributed by atoms with Crippen molar-refractivity contribution in [1.82, 2.24) is 9.55 Å². The molecular weight excluding hydrogens is 452 g/mol. The zero-order valence-corrected chi connectivity index (χ0v) is 19.9. The minimum Gasteiger partial charge on any atom is -0.493 e. The predicted molar refractivity (Wildman–Crippen MR) is 128 cm³/mol. The third-order valence-corrected chi connectivity index (χ3v) is 5.90. The third-order valence-electron chi connectivity index (χ3n) is 5.90. The molecule has 0 aliphatic carbocycles. The van der Waals surface area contributed by atoms with Gasteiger partial charge in [-0.2, -0.15) is 0 Å². The molecule has 1 aliphatic rings. The number of hydrogen-bond donors (Lipinski definition) is 1. The molecule has 35 heavy (non-hydrogen) atoms. The van der Waals surface area contributed by atoms with E-state index >= 15 is 0 Å². The van der Waals surface area contributed by atoms with E-state index in [9.17, 15) is 14.4 Å². The Kier molecular flexibility index (Phi) is 6.72. The average molecular weight is 479 g/mol. The fourth-order valence-electron chi connectivity index (χ4n) is 4.02. The number of aromatic nitrogens is 2. The number of hydrogen-bond acceptors (Lipinski definition) is 7. The molecule has 0 spiro atoms. The van der Waals surface area contributed by atoms with E-state index in [1.54, 1.807) is 60.4 Å². The van der Waals surface area contributed by atoms with Crippen molar-refractivity contribution in [3.05, 3.63) is 60.2 Å². The number of ketones is 1. The smallest absolute Gasteiger partial charge is 0.229 e. The van der Waals surface area contributed by atoms with Gasteiger partial charge in [-0.25, -0.2) is 4.98 Å². The van der Waals surface area contributed by atoms with Crippen LogP contribution in [0, 0.1) is 5.92 Å². The summed E-state index contributed by atoms with van der Waals surface area (Å²) in [5.74, 6) is 0.369. The zero-order valence-electron chi connectivity index (χ0n) is 19.9. The Morgan fingerprint density at radius 1 is 1.03 bits per heavy atom. The number of imidazole rings is 1. The molecule has 1 N–H and O–H groups in total. The number of anilines is 2. The van der Waals surface area contributed by atoms with E-state index in [2.05, 4.69) is 10.3 Å². The van der Waals surface area contributed by atoms with Crippen LogP contribution in [0.1, 0.15) is 22.6 Å². The van der Waals surface area contributed by atoms with Gasteiger partial charge in [-0.3, -0.25) is 14.4 Å². The number of aryl methyl sites for hydroxylation is 1. The minimum absolute atomic E-state index is 0.0677. The molecule has 2 heterocycles. The van der Waals surface area contributed by atoms with Crippen LogP contribution < -0.4 is 24.4 Å². The first-order chi connectivity index (χ1) is 16.9. The lowest BCUT2D eigenvalue weighted by Gasteiger charge is -2.20. The molecule has 1 saturated heterocycles. The Bertz CT molecular complexity index is 1240. The van der Waals surface area contributed by atoms with Crippen LogP contribution in [0.5, 0.6) is 17.2 Å². The first-order valence-electron chi connectivity index (χ1n) is 10.9. The lowest BCUT2D eigenvalue weighted by molar-refractivity contribution is -0.122. The van der Waals surface area contributed by atoms with Crippen LogP contribution in [0.3, 0.4) is 0 Å². The highest BCUT2D eigenvalue weighted by Gasteiger charge is 2.36. The van der Waals surface area contributed by atoms with Gasteiger partial charge in [0.2, 0.25) is 23.3 Å². The topological polar surface area (TPSA) is 112 Å². The SMILES string of the molecule is COc1cc(N2CC(C(=O)Nc3ccc(C(=O)c4nccn4C)cc3)CC2=O)cc(OC)c1OC. The molecule has 2 aromatic carbocycles. The standard InChI is InChI=1S/C25H26N4O6/c1-28-10-9-26-24(28)22(31)15-5-7-17(8-6-15)27-25(32)16-11-21(30)29(14-16)18-12-19(33-2)23(35-4)20(13-18)34-3/h5-10,12-13,16H,11,14H2,1-4H3,(H,27,32). The van der Waals surface area contributed by atoms with Crippen molar-refractivity contribution in [2.24, 2.45) is 13.0 Å². The molecule has 4 rings (SSSR count). The van der Waals surface area contributed by atoms with Gasteiger partial charge in [0.15, 0.2) is 17.3 Å². The van der Waals surface area contributed by atoms with Crippen LogP contribution in [0.2, 0.25) is 0 Å². The molecular formula is C25H26N4O6. The number of ether oxygens (including phenoxy) is 3. The molecule has 0 saturated carbocycles. The third kappa shape index (κ3) is 4.68. The van der Waals surface area contributed by atoms with Crippen molar-refractivity contribution >= 4 is 29.0 Å². The Morgan fingerprint density at radius 3 is 2.23 bits per heavy atom. The average Bonchev–Trinajstić information content (AvgIpc) is 3.48. The molecule has 3 aromatic rings. The summed E-state index contributed by atoms with van der Waals surface area (Å²) in [6.45, 7) is 0.207. The largest absolute Gasteiger partial charge is 0.493 e. The number of nitrogens with zero attached hydrogens (tertiary/aromatic N) is 3. The van der Waals surface area contributed by atoms with Crippen molar-refractivity contribution in [3.8, 4) is 17.2 Å². The fraction of sp³-hybridized carbons (Fsp3) is 0.280. The van der Waals surface area contributed by atoms with Crippen molar-refractivity contribution in [3.63, 3.8) is 0 Å². The number of carbonyl (C=O) groups is 3. The van der Waals surface area contributed by atoms with Crippen LogP contribution in [-0.4, -0.2) is 55.0 Å². The molecule has 1 aromatic heterocycles. The second kappa shape index (κ2) is 9.88. The number of rotatable bonds is 8. The lowest BCUT2D eigenvalue weighted by atomic mass is 10.1. The van der Waals surface area contributed by atoms with E-state index in [-0.39, 0.29) is 30.6 Å². The summed E-state index contributed by atoms with van der Waals surface area (Å²) in [5, 5.41) is 2.83. The van der Waals surface area contributed by atoms with Crippen LogP contribution in [0.25, 0.3) is 0 Å². The van der Waals surface area contributed by atoms with Gasteiger partial charge in [0, 0.05) is 55.8 Å². The minimum atomic E-state index is -0.546. The zero-order chi connectivity index (χ0) is 25.1. The number of amides is 2. The summed E-state index contributed by atoms with van der Waals surface area (Å²) >= 11 is 0. The van der Waals surface area contributed by atoms with Crippen LogP contribution >= 0.6 is 0 Å². The molecule has 0 bridgehead atoms. The Hall–Kier alpha value is -4.34. The number of nitrogens with one attached hydrogen (secondary N) is 1. The van der Waals surface area contributed by atoms with E-state index in [0.29, 0.717) is 40.0 Å². The quantitative estimate of drug-likeness (QED) is 0.496. The molecule has 2 amide bonds. The van der Waals surface area contributed by atoms with Gasteiger partial charge in [0.1, 0.15) is 0 Å². The monoisotopic (exact) mass is 478 g/mol. The molecule has 1 atom stereocenters. The maximum atomic E-state index is 12.9. The molecule has 0 radical (unpaired) electrons. The lowest BCUT2D eigenvalue weighted by Crippen LogP contribution is -2.28. The molecule has 1 aliphatic heterocycles. The maximum absolute atomic E-state index is 12.9. The molecule has 10 nitrogen and oxygen atoms in total. The van der Waals surface area contributed by atoms with Gasteiger partial charge < -0.3 is 29.0 Å². The van der Waals surface area contributed by atoms with Gasteiger partial charge in [-0.15, -0.1) is 0 Å². The highest BCUT2D eigenvalue weighted by atomic mass is 16.5. The van der Waals surface area contributed by atoms with E-state index in [0.717, 1.165) is 0 Å². The van der Waals surface area contributed by atoms with E-state index in [4.69, 9.17) is 14.2 Å². The van der Waals surface area contributed by atoms with Gasteiger partial charge in [0.05, 0.1) is 32.9 Å². The highest BCUT2D eigenvalue weighted by Crippen LogP contribution is 2.42. The second-order valence-electron chi connectivity index (χ2n) is 8.05. The predicted octanol–water partition coefficient (Wildman–Crippen LogP) is 2.67. The molecule has 182 valence electrons. The van der Waals surface area contributed by atoms with E-state index < -0.39 is 5.92 Å². The van der Waals surface area contributed by atoms with Crippen LogP contribution in [-0.2, 0) is 16.6 Å². The first kappa shape index (κ1) is 23.8. The first-order valence-corrected chi connectivity index (χ1v) is 10.9. The van der Waals surface area contributed by atoms with Crippen LogP contribution in [0.15, 0.2) is 48.8 Å². The Morgan fingerprint density at radius 2 is 1.69 bits per heavy atom. The van der Waals surface area contributed by atoms with E-state index in [1.165, 1.54) is 26.2 Å². The van der Waals surface area contributed by atoms with Gasteiger partial charge in [-0.1, -0.05) is 0 Å². The van der Waals surface area contributed by atoms with Gasteiger partial charge in [-0.05, 0) is 24.3 Å². The summed E-state index contributed by atoms with van der Waals surface area (Å²) in [5.41, 5.74) is 1.55. The van der Waals surface area contributed by atoms with Crippen molar-refractivity contribution in [2.45, 2.75) is 6.42 Å².